The zero-order valence-electron chi connectivity index (χ0n) is 10.7. The van der Waals surface area contributed by atoms with Gasteiger partial charge in [-0.05, 0) is 18.8 Å². The van der Waals surface area contributed by atoms with Gasteiger partial charge in [-0.3, -0.25) is 9.59 Å². The van der Waals surface area contributed by atoms with E-state index in [-0.39, 0.29) is 11.8 Å². The third kappa shape index (κ3) is 3.30. The Bertz CT molecular complexity index is 446. The fourth-order valence-corrected chi connectivity index (χ4v) is 2.58. The maximum atomic E-state index is 12.0. The van der Waals surface area contributed by atoms with Crippen LogP contribution in [0, 0.1) is 17.8 Å². The predicted octanol–water partition coefficient (Wildman–Crippen LogP) is 0.475. The first-order chi connectivity index (χ1) is 9.08. The van der Waals surface area contributed by atoms with Crippen molar-refractivity contribution in [3.05, 3.63) is 12.2 Å². The van der Waals surface area contributed by atoms with Crippen molar-refractivity contribution < 1.29 is 19.2 Å². The lowest BCUT2D eigenvalue weighted by molar-refractivity contribution is -0.146. The minimum atomic E-state index is -0.888. The van der Waals surface area contributed by atoms with Crippen LogP contribution >= 0.6 is 0 Å². The summed E-state index contributed by atoms with van der Waals surface area (Å²) in [5.74, 6) is -1.37. The van der Waals surface area contributed by atoms with Gasteiger partial charge in [-0.2, -0.15) is 4.98 Å². The lowest BCUT2D eigenvalue weighted by Gasteiger charge is -2.14. The average molecular weight is 267 g/mol. The number of aromatic nitrogens is 2. The van der Waals surface area contributed by atoms with Crippen molar-refractivity contribution >= 4 is 11.9 Å². The molecule has 0 bridgehead atoms. The SMILES string of the molecule is CC1C[C@H](C(=O)NCCc2ncno2)[C@H](C(=O)O)C1. The molecule has 1 heterocycles. The summed E-state index contributed by atoms with van der Waals surface area (Å²) in [5.41, 5.74) is 0. The Morgan fingerprint density at radius 1 is 1.47 bits per heavy atom. The zero-order chi connectivity index (χ0) is 13.8. The first kappa shape index (κ1) is 13.5. The molecule has 7 nitrogen and oxygen atoms in total. The molecule has 0 saturated heterocycles. The Balaban J connectivity index is 1.83. The second-order valence-corrected chi connectivity index (χ2v) is 5.00. The summed E-state index contributed by atoms with van der Waals surface area (Å²) in [6, 6.07) is 0. The summed E-state index contributed by atoms with van der Waals surface area (Å²) in [6.45, 7) is 2.35. The quantitative estimate of drug-likeness (QED) is 0.803. The molecule has 1 amide bonds. The van der Waals surface area contributed by atoms with E-state index in [1.807, 2.05) is 6.92 Å². The third-order valence-electron chi connectivity index (χ3n) is 3.50. The predicted molar refractivity (Wildman–Crippen MR) is 64.0 cm³/mol. The molecule has 1 aliphatic rings. The van der Waals surface area contributed by atoms with Gasteiger partial charge in [-0.1, -0.05) is 12.1 Å². The van der Waals surface area contributed by atoms with Gasteiger partial charge in [0.25, 0.3) is 0 Å². The maximum absolute atomic E-state index is 12.0. The number of nitrogens with one attached hydrogen (secondary N) is 1. The molecular formula is C12H17N3O4. The highest BCUT2D eigenvalue weighted by Crippen LogP contribution is 2.36. The Hall–Kier alpha value is -1.92. The van der Waals surface area contributed by atoms with E-state index < -0.39 is 17.8 Å². The van der Waals surface area contributed by atoms with Crippen LogP contribution < -0.4 is 5.32 Å². The molecule has 104 valence electrons. The van der Waals surface area contributed by atoms with Gasteiger partial charge in [-0.15, -0.1) is 0 Å². The van der Waals surface area contributed by atoms with Crippen LogP contribution in [0.3, 0.4) is 0 Å². The molecule has 2 N–H and O–H groups in total. The van der Waals surface area contributed by atoms with Gasteiger partial charge in [-0.25, -0.2) is 0 Å². The molecule has 1 aromatic rings. The topological polar surface area (TPSA) is 105 Å². The molecule has 3 atom stereocenters. The van der Waals surface area contributed by atoms with Crippen LogP contribution in [0.25, 0.3) is 0 Å². The van der Waals surface area contributed by atoms with Crippen molar-refractivity contribution in [1.82, 2.24) is 15.5 Å². The first-order valence-corrected chi connectivity index (χ1v) is 6.34. The second kappa shape index (κ2) is 5.81. The van der Waals surface area contributed by atoms with Crippen molar-refractivity contribution in [2.45, 2.75) is 26.2 Å². The molecule has 1 saturated carbocycles. The first-order valence-electron chi connectivity index (χ1n) is 6.34. The number of carbonyl (C=O) groups is 2. The number of amides is 1. The monoisotopic (exact) mass is 267 g/mol. The molecule has 1 aliphatic carbocycles. The molecule has 0 aromatic carbocycles. The molecule has 2 rings (SSSR count). The molecule has 0 aliphatic heterocycles. The molecule has 1 unspecified atom stereocenters. The number of hydrogen-bond acceptors (Lipinski definition) is 5. The van der Waals surface area contributed by atoms with Gasteiger partial charge in [0.05, 0.1) is 11.8 Å². The van der Waals surface area contributed by atoms with Crippen LogP contribution in [0.5, 0.6) is 0 Å². The maximum Gasteiger partial charge on any atom is 0.307 e. The van der Waals surface area contributed by atoms with E-state index in [4.69, 9.17) is 9.63 Å². The molecule has 19 heavy (non-hydrogen) atoms. The van der Waals surface area contributed by atoms with Gasteiger partial charge in [0.1, 0.15) is 0 Å². The Morgan fingerprint density at radius 3 is 2.84 bits per heavy atom. The van der Waals surface area contributed by atoms with E-state index >= 15 is 0 Å². The van der Waals surface area contributed by atoms with Crippen molar-refractivity contribution in [2.75, 3.05) is 6.54 Å². The summed E-state index contributed by atoms with van der Waals surface area (Å²) in [5, 5.41) is 15.3. The Morgan fingerprint density at radius 2 is 2.21 bits per heavy atom. The molecule has 7 heteroatoms. The summed E-state index contributed by atoms with van der Waals surface area (Å²) in [6.07, 6.45) is 2.95. The third-order valence-corrected chi connectivity index (χ3v) is 3.50. The zero-order valence-corrected chi connectivity index (χ0v) is 10.7. The van der Waals surface area contributed by atoms with Crippen LogP contribution in [0.2, 0.25) is 0 Å². The van der Waals surface area contributed by atoms with Gasteiger partial charge >= 0.3 is 5.97 Å². The van der Waals surface area contributed by atoms with E-state index in [0.717, 1.165) is 0 Å². The second-order valence-electron chi connectivity index (χ2n) is 5.00. The average Bonchev–Trinajstić information content (AvgIpc) is 2.98. The van der Waals surface area contributed by atoms with E-state index in [2.05, 4.69) is 15.5 Å². The normalized spacial score (nSPS) is 26.3. The molecule has 1 aromatic heterocycles. The minimum Gasteiger partial charge on any atom is -0.481 e. The van der Waals surface area contributed by atoms with Crippen molar-refractivity contribution in [3.63, 3.8) is 0 Å². The summed E-state index contributed by atoms with van der Waals surface area (Å²) in [4.78, 5) is 26.9. The molecule has 1 fully saturated rings. The number of rotatable bonds is 5. The van der Waals surface area contributed by atoms with Crippen molar-refractivity contribution in [2.24, 2.45) is 17.8 Å². The smallest absolute Gasteiger partial charge is 0.307 e. The largest absolute Gasteiger partial charge is 0.481 e. The van der Waals surface area contributed by atoms with Crippen LogP contribution in [0.4, 0.5) is 0 Å². The molecule has 0 radical (unpaired) electrons. The van der Waals surface area contributed by atoms with E-state index in [9.17, 15) is 9.59 Å². The lowest BCUT2D eigenvalue weighted by atomic mass is 9.95. The van der Waals surface area contributed by atoms with Crippen molar-refractivity contribution in [1.29, 1.82) is 0 Å². The fraction of sp³-hybridized carbons (Fsp3) is 0.667. The number of nitrogens with zero attached hydrogens (tertiary/aromatic N) is 2. The standard InChI is InChI=1S/C12H17N3O4/c1-7-4-8(9(5-7)12(17)18)11(16)13-3-2-10-14-6-15-19-10/h6-9H,2-5H2,1H3,(H,13,16)(H,17,18)/t7?,8-,9+/m0/s1. The van der Waals surface area contributed by atoms with Gasteiger partial charge in [0.15, 0.2) is 6.33 Å². The van der Waals surface area contributed by atoms with Crippen LogP contribution in [0.1, 0.15) is 25.7 Å². The van der Waals surface area contributed by atoms with Gasteiger partial charge in [0.2, 0.25) is 11.8 Å². The highest BCUT2D eigenvalue weighted by molar-refractivity contribution is 5.85. The summed E-state index contributed by atoms with van der Waals surface area (Å²) in [7, 11) is 0. The van der Waals surface area contributed by atoms with Crippen LogP contribution in [-0.2, 0) is 16.0 Å². The highest BCUT2D eigenvalue weighted by Gasteiger charge is 2.40. The van der Waals surface area contributed by atoms with Crippen molar-refractivity contribution in [3.8, 4) is 0 Å². The fourth-order valence-electron chi connectivity index (χ4n) is 2.58. The summed E-state index contributed by atoms with van der Waals surface area (Å²) < 4.78 is 4.81. The van der Waals surface area contributed by atoms with Gasteiger partial charge < -0.3 is 14.9 Å². The molecule has 0 spiro atoms. The van der Waals surface area contributed by atoms with E-state index in [0.29, 0.717) is 31.7 Å². The van der Waals surface area contributed by atoms with E-state index in [1.54, 1.807) is 0 Å². The van der Waals surface area contributed by atoms with Crippen LogP contribution in [-0.4, -0.2) is 33.7 Å². The number of carboxylic acid groups (broad SMARTS) is 1. The molecular weight excluding hydrogens is 250 g/mol. The number of hydrogen-bond donors (Lipinski definition) is 2. The number of carbonyl (C=O) groups excluding carboxylic acids is 1. The Labute approximate surface area is 110 Å². The number of aliphatic carboxylic acids is 1. The lowest BCUT2D eigenvalue weighted by Crippen LogP contribution is -2.36. The minimum absolute atomic E-state index is 0.198. The number of carboxylic acids is 1. The van der Waals surface area contributed by atoms with Crippen LogP contribution in [0.15, 0.2) is 10.9 Å². The highest BCUT2D eigenvalue weighted by atomic mass is 16.5. The van der Waals surface area contributed by atoms with Gasteiger partial charge in [0, 0.05) is 13.0 Å². The summed E-state index contributed by atoms with van der Waals surface area (Å²) >= 11 is 0. The Kier molecular flexibility index (Phi) is 4.13. The van der Waals surface area contributed by atoms with E-state index in [1.165, 1.54) is 6.33 Å².